The fourth-order valence-corrected chi connectivity index (χ4v) is 9.01. The Balaban J connectivity index is 2.21. The average molecular weight is 794 g/mol. The first-order valence-corrected chi connectivity index (χ1v) is 19.7. The van der Waals surface area contributed by atoms with Crippen LogP contribution in [-0.4, -0.2) is 166 Å². The van der Waals surface area contributed by atoms with E-state index in [2.05, 4.69) is 0 Å². The molecule has 0 spiro atoms. The molecule has 3 heterocycles. The van der Waals surface area contributed by atoms with Crippen molar-refractivity contribution in [3.8, 4) is 0 Å². The molecule has 3 aliphatic heterocycles. The summed E-state index contributed by atoms with van der Waals surface area (Å²) in [7, 11) is 6.94. The predicted molar refractivity (Wildman–Crippen MR) is 200 cm³/mol. The van der Waals surface area contributed by atoms with Crippen LogP contribution in [0.3, 0.4) is 0 Å². The zero-order valence-corrected chi connectivity index (χ0v) is 35.4. The molecule has 17 nitrogen and oxygen atoms in total. The molecule has 0 aromatic carbocycles. The minimum Gasteiger partial charge on any atom is -0.459 e. The monoisotopic (exact) mass is 793 g/mol. The van der Waals surface area contributed by atoms with Gasteiger partial charge in [0.15, 0.2) is 18.7 Å². The highest BCUT2D eigenvalue weighted by molar-refractivity contribution is 5.73. The van der Waals surface area contributed by atoms with E-state index in [1.165, 1.54) is 14.0 Å². The van der Waals surface area contributed by atoms with Crippen molar-refractivity contribution in [2.75, 3.05) is 34.8 Å². The zero-order chi connectivity index (χ0) is 42.0. The summed E-state index contributed by atoms with van der Waals surface area (Å²) < 4.78 is 37.5. The SMILES string of the molecule is CC[C@H]1OC(=O)[C@H](C)[C@@H](O[C@H]2C[C@@](C)(OC)[C@@H](O)[C@H](C)O2)[C@H](C)[C@@H](O[C@@H]2O[C@H](C)CC(N(C)C)[C@H]2O)[C@](C)(O)C[C@@H](C)CN(C)[C@H](C)[C@@H](O[N+](=O)[O-])[C@]1(C)O. The van der Waals surface area contributed by atoms with E-state index in [4.69, 9.17) is 33.3 Å². The summed E-state index contributed by atoms with van der Waals surface area (Å²) in [6.07, 6.45) is -9.27. The molecule has 3 saturated heterocycles. The van der Waals surface area contributed by atoms with E-state index in [9.17, 15) is 35.3 Å². The number of hydrogen-bond acceptors (Lipinski definition) is 16. The Hall–Kier alpha value is -1.77. The van der Waals surface area contributed by atoms with Crippen LogP contribution < -0.4 is 0 Å². The fourth-order valence-electron chi connectivity index (χ4n) is 9.01. The first kappa shape index (κ1) is 47.6. The molecule has 3 rings (SSSR count). The highest BCUT2D eigenvalue weighted by Gasteiger charge is 2.53. The van der Waals surface area contributed by atoms with Gasteiger partial charge in [-0.25, -0.2) is 0 Å². The van der Waals surface area contributed by atoms with Crippen molar-refractivity contribution in [2.24, 2.45) is 17.8 Å². The Morgan fingerprint density at radius 3 is 2.16 bits per heavy atom. The number of ether oxygens (including phenoxy) is 6. The van der Waals surface area contributed by atoms with Crippen LogP contribution in [0.2, 0.25) is 0 Å². The lowest BCUT2D eigenvalue weighted by Crippen LogP contribution is -2.60. The van der Waals surface area contributed by atoms with Gasteiger partial charge >= 0.3 is 5.97 Å². The number of aliphatic hydroxyl groups excluding tert-OH is 2. The van der Waals surface area contributed by atoms with E-state index < -0.39 is 101 Å². The van der Waals surface area contributed by atoms with E-state index in [0.717, 1.165) is 0 Å². The molecule has 55 heavy (non-hydrogen) atoms. The van der Waals surface area contributed by atoms with Gasteiger partial charge in [-0.2, -0.15) is 0 Å². The third-order valence-corrected chi connectivity index (χ3v) is 12.4. The number of likely N-dealkylation sites (N-methyl/N-ethyl adjacent to an activating group) is 2. The molecule has 322 valence electrons. The lowest BCUT2D eigenvalue weighted by atomic mass is 9.77. The summed E-state index contributed by atoms with van der Waals surface area (Å²) in [5.41, 5.74) is -4.73. The van der Waals surface area contributed by atoms with Crippen LogP contribution in [0.25, 0.3) is 0 Å². The second-order valence-corrected chi connectivity index (χ2v) is 17.5. The van der Waals surface area contributed by atoms with Crippen LogP contribution in [0, 0.1) is 27.9 Å². The molecule has 1 unspecified atom stereocenters. The van der Waals surface area contributed by atoms with Crippen molar-refractivity contribution >= 4 is 5.97 Å². The van der Waals surface area contributed by atoms with Gasteiger partial charge in [-0.05, 0) is 94.8 Å². The van der Waals surface area contributed by atoms with E-state index in [1.54, 1.807) is 60.4 Å². The Kier molecular flexibility index (Phi) is 16.3. The van der Waals surface area contributed by atoms with Gasteiger partial charge < -0.3 is 63.5 Å². The van der Waals surface area contributed by atoms with Crippen molar-refractivity contribution in [3.63, 3.8) is 0 Å². The van der Waals surface area contributed by atoms with Gasteiger partial charge in [0.1, 0.15) is 23.9 Å². The molecule has 0 aromatic heterocycles. The second-order valence-electron chi connectivity index (χ2n) is 17.5. The largest absolute Gasteiger partial charge is 0.459 e. The van der Waals surface area contributed by atoms with E-state index in [-0.39, 0.29) is 37.3 Å². The van der Waals surface area contributed by atoms with Crippen LogP contribution in [0.1, 0.15) is 94.9 Å². The number of carbonyl (C=O) groups excluding carboxylic acids is 1. The normalized spacial score (nSPS) is 47.4. The highest BCUT2D eigenvalue weighted by atomic mass is 17.0. The second kappa shape index (κ2) is 18.9. The van der Waals surface area contributed by atoms with Crippen LogP contribution in [0.15, 0.2) is 0 Å². The minimum absolute atomic E-state index is 0.0852. The van der Waals surface area contributed by atoms with E-state index >= 15 is 0 Å². The summed E-state index contributed by atoms with van der Waals surface area (Å²) >= 11 is 0. The standard InChI is InChI=1S/C38H71N3O14/c1-15-27-38(10,46)33(55-41(47)48)24(6)40(13)19-20(2)17-36(8,45)32(54-35-29(42)26(39(11)12)16-21(3)50-35)22(4)30(23(5)34(44)52-27)53-28-18-37(9,49-14)31(43)25(7)51-28/h20-33,35,42-43,45-46H,15-19H2,1-14H3/t20-,21-,22+,23-,24-,25+,26?,27-,28+,29-,30+,31+,32-,33-,35+,36-,37-,38-/m1/s1. The summed E-state index contributed by atoms with van der Waals surface area (Å²) in [5.74, 6) is -2.98. The molecule has 0 aromatic rings. The summed E-state index contributed by atoms with van der Waals surface area (Å²) in [4.78, 5) is 34.9. The minimum atomic E-state index is -2.03. The molecule has 3 fully saturated rings. The highest BCUT2D eigenvalue weighted by Crippen LogP contribution is 2.40. The van der Waals surface area contributed by atoms with Crippen LogP contribution in [0.4, 0.5) is 0 Å². The number of methoxy groups -OCH3 is 1. The maximum atomic E-state index is 14.3. The summed E-state index contributed by atoms with van der Waals surface area (Å²) in [5, 5.41) is 57.8. The predicted octanol–water partition coefficient (Wildman–Crippen LogP) is 2.12. The lowest BCUT2D eigenvalue weighted by molar-refractivity contribution is -0.774. The van der Waals surface area contributed by atoms with Gasteiger partial charge in [-0.1, -0.05) is 20.8 Å². The van der Waals surface area contributed by atoms with Crippen molar-refractivity contribution in [1.29, 1.82) is 0 Å². The average Bonchev–Trinajstić information content (AvgIpc) is 3.08. The molecule has 18 atom stereocenters. The zero-order valence-electron chi connectivity index (χ0n) is 35.4. The van der Waals surface area contributed by atoms with Gasteiger partial charge in [-0.3, -0.25) is 4.79 Å². The van der Waals surface area contributed by atoms with Crippen molar-refractivity contribution in [3.05, 3.63) is 10.1 Å². The van der Waals surface area contributed by atoms with Gasteiger partial charge in [0.25, 0.3) is 5.09 Å². The number of carbonyl (C=O) groups is 1. The number of cyclic esters (lactones) is 1. The molecule has 0 amide bonds. The molecule has 17 heteroatoms. The van der Waals surface area contributed by atoms with Crippen LogP contribution >= 0.6 is 0 Å². The molecule has 3 aliphatic rings. The number of rotatable bonds is 9. The third-order valence-electron chi connectivity index (χ3n) is 12.4. The number of nitrogens with zero attached hydrogens (tertiary/aromatic N) is 3. The Bertz CT molecular complexity index is 1260. The van der Waals surface area contributed by atoms with Crippen molar-refractivity contribution < 1.29 is 63.6 Å². The van der Waals surface area contributed by atoms with E-state index in [1.807, 2.05) is 32.8 Å². The molecule has 4 N–H and O–H groups in total. The molecule has 0 saturated carbocycles. The molecular formula is C38H71N3O14. The molecule has 0 bridgehead atoms. The van der Waals surface area contributed by atoms with Gasteiger partial charge in [-0.15, -0.1) is 10.1 Å². The molecule has 0 aliphatic carbocycles. The Morgan fingerprint density at radius 2 is 1.62 bits per heavy atom. The van der Waals surface area contributed by atoms with Gasteiger partial charge in [0.2, 0.25) is 0 Å². The topological polar surface area (TPSA) is 212 Å². The van der Waals surface area contributed by atoms with Gasteiger partial charge in [0.05, 0.1) is 41.5 Å². The number of aliphatic hydroxyl groups is 4. The first-order valence-electron chi connectivity index (χ1n) is 19.7. The quantitative estimate of drug-likeness (QED) is 0.150. The third kappa shape index (κ3) is 11.0. The summed E-state index contributed by atoms with van der Waals surface area (Å²) in [6, 6.07) is -1.06. The van der Waals surface area contributed by atoms with Gasteiger partial charge in [0, 0.05) is 38.1 Å². The smallest absolute Gasteiger partial charge is 0.311 e. The van der Waals surface area contributed by atoms with E-state index in [0.29, 0.717) is 13.0 Å². The fraction of sp³-hybridized carbons (Fsp3) is 0.974. The Labute approximate surface area is 326 Å². The summed E-state index contributed by atoms with van der Waals surface area (Å²) in [6.45, 7) is 17.3. The Morgan fingerprint density at radius 1 is 1.00 bits per heavy atom. The molecule has 0 radical (unpaired) electrons. The molecular weight excluding hydrogens is 722 g/mol. The maximum absolute atomic E-state index is 14.3. The number of hydrogen-bond donors (Lipinski definition) is 4. The van der Waals surface area contributed by atoms with Crippen molar-refractivity contribution in [1.82, 2.24) is 9.80 Å². The number of esters is 1. The van der Waals surface area contributed by atoms with Crippen LogP contribution in [-0.2, 0) is 38.1 Å². The van der Waals surface area contributed by atoms with Crippen molar-refractivity contribution in [2.45, 2.75) is 185 Å². The van der Waals surface area contributed by atoms with Crippen LogP contribution in [0.5, 0.6) is 0 Å². The maximum Gasteiger partial charge on any atom is 0.311 e. The lowest BCUT2D eigenvalue weighted by Gasteiger charge is -2.48. The first-order chi connectivity index (χ1) is 25.3.